The third-order valence-electron chi connectivity index (χ3n) is 4.60. The fourth-order valence-corrected chi connectivity index (χ4v) is 3.19. The number of hydrogen-bond acceptors (Lipinski definition) is 4. The number of urea groups is 1. The minimum Gasteiger partial charge on any atom is -0.392 e. The molecule has 2 saturated heterocycles. The first-order chi connectivity index (χ1) is 11.6. The molecule has 1 aromatic carbocycles. The predicted molar refractivity (Wildman–Crippen MR) is 85.9 cm³/mol. The van der Waals surface area contributed by atoms with Gasteiger partial charge in [0, 0.05) is 13.1 Å². The number of hydrogen-bond donors (Lipinski definition) is 2. The summed E-state index contributed by atoms with van der Waals surface area (Å²) in [6, 6.07) is 7.33. The molecule has 7 heteroatoms. The fraction of sp³-hybridized carbons (Fsp3) is 0.471. The van der Waals surface area contributed by atoms with E-state index in [1.807, 2.05) is 24.3 Å². The van der Waals surface area contributed by atoms with E-state index in [0.29, 0.717) is 19.0 Å². The highest BCUT2D eigenvalue weighted by Crippen LogP contribution is 2.21. The maximum absolute atomic E-state index is 12.3. The minimum absolute atomic E-state index is 0.0292. The van der Waals surface area contributed by atoms with Gasteiger partial charge in [0.15, 0.2) is 0 Å². The number of carbonyl (C=O) groups is 3. The van der Waals surface area contributed by atoms with Crippen molar-refractivity contribution in [3.05, 3.63) is 35.4 Å². The van der Waals surface area contributed by atoms with Crippen molar-refractivity contribution in [3.63, 3.8) is 0 Å². The van der Waals surface area contributed by atoms with Gasteiger partial charge in [0.05, 0.1) is 13.2 Å². The van der Waals surface area contributed by atoms with Crippen LogP contribution in [0.2, 0.25) is 0 Å². The molecule has 1 atom stereocenters. The average molecular weight is 331 g/mol. The number of rotatable bonds is 5. The smallest absolute Gasteiger partial charge is 0.325 e. The highest BCUT2D eigenvalue weighted by molar-refractivity contribution is 6.04. The Morgan fingerprint density at radius 2 is 1.92 bits per heavy atom. The number of carbonyl (C=O) groups excluding carboxylic acids is 3. The van der Waals surface area contributed by atoms with E-state index >= 15 is 0 Å². The van der Waals surface area contributed by atoms with Gasteiger partial charge in [-0.2, -0.15) is 0 Å². The van der Waals surface area contributed by atoms with Crippen molar-refractivity contribution in [2.75, 3.05) is 26.2 Å². The number of amides is 4. The number of imide groups is 1. The molecule has 2 aliphatic rings. The van der Waals surface area contributed by atoms with Crippen LogP contribution in [0.15, 0.2) is 24.3 Å². The molecular weight excluding hydrogens is 310 g/mol. The van der Waals surface area contributed by atoms with Crippen LogP contribution in [0.4, 0.5) is 4.79 Å². The summed E-state index contributed by atoms with van der Waals surface area (Å²) >= 11 is 0. The molecule has 0 aromatic heterocycles. The molecule has 0 unspecified atom stereocenters. The Kier molecular flexibility index (Phi) is 4.80. The SMILES string of the molecule is O=C(CN1C(=O)CNC1=O)N1CC[C@@H](Cc2ccc(CO)cc2)C1. The van der Waals surface area contributed by atoms with Gasteiger partial charge in [0.2, 0.25) is 5.91 Å². The quantitative estimate of drug-likeness (QED) is 0.750. The Labute approximate surface area is 140 Å². The van der Waals surface area contributed by atoms with Gasteiger partial charge in [0.1, 0.15) is 6.54 Å². The predicted octanol–water partition coefficient (Wildman–Crippen LogP) is 0.122. The maximum atomic E-state index is 12.3. The zero-order valence-electron chi connectivity index (χ0n) is 13.4. The molecule has 2 aliphatic heterocycles. The molecule has 0 bridgehead atoms. The maximum Gasteiger partial charge on any atom is 0.325 e. The van der Waals surface area contributed by atoms with E-state index in [-0.39, 0.29) is 31.5 Å². The molecule has 0 aliphatic carbocycles. The number of nitrogens with zero attached hydrogens (tertiary/aromatic N) is 2. The summed E-state index contributed by atoms with van der Waals surface area (Å²) in [6.45, 7) is 1.13. The van der Waals surface area contributed by atoms with Crippen LogP contribution in [0.5, 0.6) is 0 Å². The lowest BCUT2D eigenvalue weighted by atomic mass is 9.98. The Hall–Kier alpha value is -2.41. The van der Waals surface area contributed by atoms with Crippen LogP contribution in [-0.4, -0.2) is 58.9 Å². The summed E-state index contributed by atoms with van der Waals surface area (Å²) in [7, 11) is 0. The van der Waals surface area contributed by atoms with Crippen molar-refractivity contribution < 1.29 is 19.5 Å². The van der Waals surface area contributed by atoms with Crippen LogP contribution in [0.3, 0.4) is 0 Å². The van der Waals surface area contributed by atoms with E-state index in [4.69, 9.17) is 5.11 Å². The molecule has 0 saturated carbocycles. The van der Waals surface area contributed by atoms with Crippen LogP contribution >= 0.6 is 0 Å². The zero-order chi connectivity index (χ0) is 17.1. The van der Waals surface area contributed by atoms with E-state index in [0.717, 1.165) is 23.3 Å². The van der Waals surface area contributed by atoms with Crippen molar-refractivity contribution in [2.45, 2.75) is 19.4 Å². The molecule has 2 N–H and O–H groups in total. The lowest BCUT2D eigenvalue weighted by molar-refractivity contribution is -0.135. The summed E-state index contributed by atoms with van der Waals surface area (Å²) in [4.78, 5) is 38.0. The van der Waals surface area contributed by atoms with E-state index in [9.17, 15) is 14.4 Å². The molecule has 128 valence electrons. The van der Waals surface area contributed by atoms with Crippen molar-refractivity contribution in [1.29, 1.82) is 0 Å². The lowest BCUT2D eigenvalue weighted by Crippen LogP contribution is -2.42. The zero-order valence-corrected chi connectivity index (χ0v) is 13.4. The van der Waals surface area contributed by atoms with E-state index in [1.54, 1.807) is 4.90 Å². The first-order valence-corrected chi connectivity index (χ1v) is 8.11. The molecule has 0 radical (unpaired) electrons. The Morgan fingerprint density at radius 3 is 2.54 bits per heavy atom. The fourth-order valence-electron chi connectivity index (χ4n) is 3.19. The largest absolute Gasteiger partial charge is 0.392 e. The number of benzene rings is 1. The molecule has 0 spiro atoms. The highest BCUT2D eigenvalue weighted by Gasteiger charge is 2.33. The lowest BCUT2D eigenvalue weighted by Gasteiger charge is -2.19. The number of likely N-dealkylation sites (tertiary alicyclic amines) is 1. The molecule has 7 nitrogen and oxygen atoms in total. The summed E-state index contributed by atoms with van der Waals surface area (Å²) in [6.07, 6.45) is 1.78. The molecular formula is C17H21N3O4. The van der Waals surface area contributed by atoms with Gasteiger partial charge in [0.25, 0.3) is 5.91 Å². The summed E-state index contributed by atoms with van der Waals surface area (Å²) in [5.74, 6) is -0.163. The van der Waals surface area contributed by atoms with Gasteiger partial charge in [-0.3, -0.25) is 14.5 Å². The van der Waals surface area contributed by atoms with Gasteiger partial charge in [-0.25, -0.2) is 4.79 Å². The van der Waals surface area contributed by atoms with Crippen LogP contribution in [-0.2, 0) is 22.6 Å². The van der Waals surface area contributed by atoms with Crippen LogP contribution in [0.25, 0.3) is 0 Å². The molecule has 4 amide bonds. The van der Waals surface area contributed by atoms with E-state index in [2.05, 4.69) is 5.32 Å². The summed E-state index contributed by atoms with van der Waals surface area (Å²) < 4.78 is 0. The average Bonchev–Trinajstić information content (AvgIpc) is 3.17. The second kappa shape index (κ2) is 7.00. The van der Waals surface area contributed by atoms with E-state index in [1.165, 1.54) is 5.56 Å². The molecule has 24 heavy (non-hydrogen) atoms. The highest BCUT2D eigenvalue weighted by atomic mass is 16.3. The molecule has 2 heterocycles. The first-order valence-electron chi connectivity index (χ1n) is 8.11. The number of nitrogens with one attached hydrogen (secondary N) is 1. The normalized spacial score (nSPS) is 20.6. The second-order valence-electron chi connectivity index (χ2n) is 6.31. The Morgan fingerprint density at radius 1 is 1.21 bits per heavy atom. The standard InChI is InChI=1S/C17H21N3O4/c21-11-13-3-1-12(2-4-13)7-14-5-6-19(9-14)16(23)10-20-15(22)8-18-17(20)24/h1-4,14,21H,5-11H2,(H,18,24)/t14-/m0/s1. The van der Waals surface area contributed by atoms with E-state index < -0.39 is 6.03 Å². The monoisotopic (exact) mass is 331 g/mol. The number of aliphatic hydroxyl groups is 1. The van der Waals surface area contributed by atoms with Crippen molar-refractivity contribution in [1.82, 2.24) is 15.1 Å². The minimum atomic E-state index is -0.493. The molecule has 2 fully saturated rings. The van der Waals surface area contributed by atoms with Crippen LogP contribution in [0.1, 0.15) is 17.5 Å². The third kappa shape index (κ3) is 3.56. The van der Waals surface area contributed by atoms with Crippen molar-refractivity contribution in [3.8, 4) is 0 Å². The third-order valence-corrected chi connectivity index (χ3v) is 4.60. The first kappa shape index (κ1) is 16.4. The van der Waals surface area contributed by atoms with Crippen LogP contribution in [0, 0.1) is 5.92 Å². The van der Waals surface area contributed by atoms with Gasteiger partial charge < -0.3 is 15.3 Å². The topological polar surface area (TPSA) is 90.0 Å². The Balaban J connectivity index is 1.51. The molecule has 3 rings (SSSR count). The van der Waals surface area contributed by atoms with Crippen LogP contribution < -0.4 is 5.32 Å². The summed E-state index contributed by atoms with van der Waals surface area (Å²) in [5, 5.41) is 11.5. The van der Waals surface area contributed by atoms with Gasteiger partial charge in [-0.15, -0.1) is 0 Å². The van der Waals surface area contributed by atoms with Gasteiger partial charge in [-0.05, 0) is 29.9 Å². The molecule has 1 aromatic rings. The van der Waals surface area contributed by atoms with Gasteiger partial charge in [-0.1, -0.05) is 24.3 Å². The van der Waals surface area contributed by atoms with Gasteiger partial charge >= 0.3 is 6.03 Å². The second-order valence-corrected chi connectivity index (χ2v) is 6.31. The number of aliphatic hydroxyl groups excluding tert-OH is 1. The Bertz CT molecular complexity index is 628. The van der Waals surface area contributed by atoms with Crippen molar-refractivity contribution in [2.24, 2.45) is 5.92 Å². The van der Waals surface area contributed by atoms with Crippen molar-refractivity contribution >= 4 is 17.8 Å². The summed E-state index contributed by atoms with van der Waals surface area (Å²) in [5.41, 5.74) is 2.07.